The molecule has 2 nitrogen and oxygen atoms in total. The molecule has 33 heavy (non-hydrogen) atoms. The minimum atomic E-state index is 0.288. The van der Waals surface area contributed by atoms with Crippen LogP contribution in [0.3, 0.4) is 0 Å². The molecule has 0 aromatic heterocycles. The van der Waals surface area contributed by atoms with E-state index >= 15 is 0 Å². The highest BCUT2D eigenvalue weighted by Gasteiger charge is 2.27. The van der Waals surface area contributed by atoms with Gasteiger partial charge in [-0.25, -0.2) is 0 Å². The summed E-state index contributed by atoms with van der Waals surface area (Å²) in [6.07, 6.45) is 13.6. The van der Waals surface area contributed by atoms with E-state index in [2.05, 4.69) is 39.8 Å². The van der Waals surface area contributed by atoms with Gasteiger partial charge in [0.15, 0.2) is 0 Å². The molecule has 0 heterocycles. The summed E-state index contributed by atoms with van der Waals surface area (Å²) in [6, 6.07) is 8.73. The second-order valence-corrected chi connectivity index (χ2v) is 11.4. The number of hydrogen-bond acceptors (Lipinski definition) is 2. The summed E-state index contributed by atoms with van der Waals surface area (Å²) in [4.78, 5) is 0. The third-order valence-corrected chi connectivity index (χ3v) is 8.38. The molecule has 0 atom stereocenters. The van der Waals surface area contributed by atoms with Crippen molar-refractivity contribution in [3.63, 3.8) is 0 Å². The van der Waals surface area contributed by atoms with Gasteiger partial charge in [-0.2, -0.15) is 0 Å². The SMILES string of the molecule is Cc1cc(O)c(C2CCCCC2)cc1C(CC(C)C)c1cc(C2CCCCC2)c(O)cc1C. The molecule has 0 spiro atoms. The van der Waals surface area contributed by atoms with Crippen LogP contribution in [0.2, 0.25) is 0 Å². The van der Waals surface area contributed by atoms with Crippen molar-refractivity contribution in [2.45, 2.75) is 116 Å². The molecule has 0 radical (unpaired) electrons. The van der Waals surface area contributed by atoms with Crippen LogP contribution in [0.4, 0.5) is 0 Å². The number of aryl methyl sites for hydroxylation is 2. The monoisotopic (exact) mass is 448 g/mol. The maximum atomic E-state index is 10.9. The van der Waals surface area contributed by atoms with Gasteiger partial charge in [-0.3, -0.25) is 0 Å². The highest BCUT2D eigenvalue weighted by Crippen LogP contribution is 2.45. The van der Waals surface area contributed by atoms with Crippen molar-refractivity contribution in [3.05, 3.63) is 57.6 Å². The Morgan fingerprint density at radius 3 is 1.42 bits per heavy atom. The molecular weight excluding hydrogens is 404 g/mol. The molecule has 2 aromatic carbocycles. The van der Waals surface area contributed by atoms with Crippen molar-refractivity contribution < 1.29 is 10.2 Å². The van der Waals surface area contributed by atoms with Gasteiger partial charge in [0.2, 0.25) is 0 Å². The average Bonchev–Trinajstić information content (AvgIpc) is 2.79. The topological polar surface area (TPSA) is 40.5 Å². The molecule has 0 aliphatic heterocycles. The molecule has 2 aliphatic carbocycles. The molecule has 2 aromatic rings. The Balaban J connectivity index is 1.79. The Morgan fingerprint density at radius 1 is 0.667 bits per heavy atom. The smallest absolute Gasteiger partial charge is 0.119 e. The van der Waals surface area contributed by atoms with E-state index in [-0.39, 0.29) is 5.92 Å². The summed E-state index contributed by atoms with van der Waals surface area (Å²) < 4.78 is 0. The lowest BCUT2D eigenvalue weighted by Crippen LogP contribution is -2.13. The molecular formula is C31H44O2. The highest BCUT2D eigenvalue weighted by molar-refractivity contribution is 5.52. The van der Waals surface area contributed by atoms with Crippen LogP contribution in [0.5, 0.6) is 11.5 Å². The Kier molecular flexibility index (Phi) is 7.72. The first-order valence-corrected chi connectivity index (χ1v) is 13.5. The number of phenols is 2. The van der Waals surface area contributed by atoms with E-state index in [1.807, 2.05) is 12.1 Å². The van der Waals surface area contributed by atoms with E-state index in [4.69, 9.17) is 0 Å². The first kappa shape index (κ1) is 24.2. The zero-order valence-corrected chi connectivity index (χ0v) is 21.3. The molecule has 0 unspecified atom stereocenters. The van der Waals surface area contributed by atoms with E-state index in [9.17, 15) is 10.2 Å². The standard InChI is InChI=1S/C31H44O2/c1-20(2)15-29(25-18-27(30(32)16-21(25)3)23-11-7-5-8-12-23)26-19-28(31(33)17-22(26)4)24-13-9-6-10-14-24/h16-20,23-24,29,32-33H,5-15H2,1-4H3. The summed E-state index contributed by atoms with van der Waals surface area (Å²) in [6.45, 7) is 8.93. The lowest BCUT2D eigenvalue weighted by Gasteiger charge is -2.29. The fourth-order valence-corrected chi connectivity index (χ4v) is 6.58. The number of rotatable bonds is 6. The summed E-state index contributed by atoms with van der Waals surface area (Å²) in [7, 11) is 0. The van der Waals surface area contributed by atoms with Crippen molar-refractivity contribution in [1.29, 1.82) is 0 Å². The molecule has 2 heteroatoms. The summed E-state index contributed by atoms with van der Waals surface area (Å²) in [5.41, 5.74) is 7.42. The summed E-state index contributed by atoms with van der Waals surface area (Å²) >= 11 is 0. The first-order chi connectivity index (χ1) is 15.8. The first-order valence-electron chi connectivity index (χ1n) is 13.5. The molecule has 2 fully saturated rings. The van der Waals surface area contributed by atoms with Crippen LogP contribution < -0.4 is 0 Å². The van der Waals surface area contributed by atoms with Crippen LogP contribution in [0.25, 0.3) is 0 Å². The van der Waals surface area contributed by atoms with Gasteiger partial charge in [0, 0.05) is 5.92 Å². The lowest BCUT2D eigenvalue weighted by atomic mass is 9.76. The Morgan fingerprint density at radius 2 is 1.06 bits per heavy atom. The highest BCUT2D eigenvalue weighted by atomic mass is 16.3. The molecule has 0 bridgehead atoms. The zero-order valence-electron chi connectivity index (χ0n) is 21.3. The van der Waals surface area contributed by atoms with Gasteiger partial charge in [0.25, 0.3) is 0 Å². The Hall–Kier alpha value is -1.96. The van der Waals surface area contributed by atoms with Crippen LogP contribution >= 0.6 is 0 Å². The molecule has 2 aliphatic rings. The van der Waals surface area contributed by atoms with E-state index in [1.165, 1.54) is 86.5 Å². The van der Waals surface area contributed by atoms with Crippen molar-refractivity contribution in [2.75, 3.05) is 0 Å². The number of aromatic hydroxyl groups is 2. The minimum absolute atomic E-state index is 0.288. The van der Waals surface area contributed by atoms with E-state index in [1.54, 1.807) is 0 Å². The van der Waals surface area contributed by atoms with Crippen molar-refractivity contribution in [2.24, 2.45) is 5.92 Å². The average molecular weight is 449 g/mol. The van der Waals surface area contributed by atoms with Crippen LogP contribution in [-0.2, 0) is 0 Å². The van der Waals surface area contributed by atoms with E-state index < -0.39 is 0 Å². The van der Waals surface area contributed by atoms with Gasteiger partial charge >= 0.3 is 0 Å². The normalized spacial score (nSPS) is 18.4. The van der Waals surface area contributed by atoms with Gasteiger partial charge in [-0.1, -0.05) is 64.5 Å². The molecule has 180 valence electrons. The third kappa shape index (κ3) is 5.42. The summed E-state index contributed by atoms with van der Waals surface area (Å²) in [5, 5.41) is 21.7. The van der Waals surface area contributed by atoms with Gasteiger partial charge in [-0.05, 0) is 109 Å². The lowest BCUT2D eigenvalue weighted by molar-refractivity contribution is 0.412. The number of hydrogen-bond donors (Lipinski definition) is 2. The van der Waals surface area contributed by atoms with Crippen molar-refractivity contribution in [3.8, 4) is 11.5 Å². The predicted octanol–water partition coefficient (Wildman–Crippen LogP) is 8.99. The molecule has 2 N–H and O–H groups in total. The van der Waals surface area contributed by atoms with Crippen molar-refractivity contribution >= 4 is 0 Å². The third-order valence-electron chi connectivity index (χ3n) is 8.38. The van der Waals surface area contributed by atoms with Crippen LogP contribution in [-0.4, -0.2) is 10.2 Å². The van der Waals surface area contributed by atoms with Crippen LogP contribution in [0.1, 0.15) is 136 Å². The summed E-state index contributed by atoms with van der Waals surface area (Å²) in [5.74, 6) is 2.78. The van der Waals surface area contributed by atoms with Crippen LogP contribution in [0.15, 0.2) is 24.3 Å². The van der Waals surface area contributed by atoms with E-state index in [0.29, 0.717) is 29.3 Å². The van der Waals surface area contributed by atoms with Crippen LogP contribution in [0, 0.1) is 19.8 Å². The predicted molar refractivity (Wildman–Crippen MR) is 139 cm³/mol. The fourth-order valence-electron chi connectivity index (χ4n) is 6.58. The van der Waals surface area contributed by atoms with Gasteiger partial charge in [-0.15, -0.1) is 0 Å². The molecule has 0 amide bonds. The molecule has 4 rings (SSSR count). The quantitative estimate of drug-likeness (QED) is 0.463. The van der Waals surface area contributed by atoms with Gasteiger partial charge in [0.05, 0.1) is 0 Å². The number of phenolic OH excluding ortho intramolecular Hbond substituents is 2. The second kappa shape index (κ2) is 10.5. The zero-order chi connectivity index (χ0) is 23.5. The Bertz CT molecular complexity index is 872. The molecule has 0 saturated heterocycles. The second-order valence-electron chi connectivity index (χ2n) is 11.4. The molecule has 2 saturated carbocycles. The maximum Gasteiger partial charge on any atom is 0.119 e. The van der Waals surface area contributed by atoms with E-state index in [0.717, 1.165) is 17.5 Å². The maximum absolute atomic E-state index is 10.9. The largest absolute Gasteiger partial charge is 0.508 e. The Labute approximate surface area is 201 Å². The van der Waals surface area contributed by atoms with Gasteiger partial charge in [0.1, 0.15) is 11.5 Å². The van der Waals surface area contributed by atoms with Crippen molar-refractivity contribution in [1.82, 2.24) is 0 Å². The van der Waals surface area contributed by atoms with Gasteiger partial charge < -0.3 is 10.2 Å². The number of benzene rings is 2. The minimum Gasteiger partial charge on any atom is -0.508 e. The fraction of sp³-hybridized carbons (Fsp3) is 0.613.